The fourth-order valence-electron chi connectivity index (χ4n) is 3.64. The molecule has 0 bridgehead atoms. The Labute approximate surface area is 161 Å². The first-order valence-electron chi connectivity index (χ1n) is 9.69. The quantitative estimate of drug-likeness (QED) is 0.811. The number of carbonyl (C=O) groups is 1. The van der Waals surface area contributed by atoms with Crippen LogP contribution in [0.25, 0.3) is 0 Å². The van der Waals surface area contributed by atoms with Gasteiger partial charge in [-0.15, -0.1) is 0 Å². The smallest absolute Gasteiger partial charge is 0.223 e. The van der Waals surface area contributed by atoms with Gasteiger partial charge in [0.2, 0.25) is 5.91 Å². The van der Waals surface area contributed by atoms with Crippen molar-refractivity contribution >= 4 is 5.91 Å². The van der Waals surface area contributed by atoms with E-state index in [-0.39, 0.29) is 12.0 Å². The molecule has 2 aromatic rings. The van der Waals surface area contributed by atoms with E-state index in [0.29, 0.717) is 25.9 Å². The molecule has 1 fully saturated rings. The number of aromatic amines is 1. The van der Waals surface area contributed by atoms with Crippen LogP contribution in [0.1, 0.15) is 34.9 Å². The Kier molecular flexibility index (Phi) is 6.39. The minimum absolute atomic E-state index is 0.0545. The van der Waals surface area contributed by atoms with Gasteiger partial charge in [-0.1, -0.05) is 0 Å². The van der Waals surface area contributed by atoms with Crippen LogP contribution in [0.4, 0.5) is 0 Å². The lowest BCUT2D eigenvalue weighted by Crippen LogP contribution is -2.47. The number of hydrogen-bond donors (Lipinski definition) is 1. The third-order valence-corrected chi connectivity index (χ3v) is 5.12. The van der Waals surface area contributed by atoms with Crippen LogP contribution in [0.5, 0.6) is 0 Å². The summed E-state index contributed by atoms with van der Waals surface area (Å²) in [6, 6.07) is 6.01. The Morgan fingerprint density at radius 2 is 2.15 bits per heavy atom. The maximum absolute atomic E-state index is 13.0. The number of ether oxygens (including phenoxy) is 1. The van der Waals surface area contributed by atoms with E-state index in [2.05, 4.69) is 29.9 Å². The summed E-state index contributed by atoms with van der Waals surface area (Å²) < 4.78 is 11.5. The molecule has 6 heteroatoms. The predicted molar refractivity (Wildman–Crippen MR) is 105 cm³/mol. The normalized spacial score (nSPS) is 18.0. The Balaban J connectivity index is 1.67. The van der Waals surface area contributed by atoms with Crippen LogP contribution in [0.3, 0.4) is 0 Å². The minimum atomic E-state index is 0.0545. The number of likely N-dealkylation sites (N-methyl/N-ethyl adjacent to an activating group) is 1. The number of nitrogens with one attached hydrogen (secondary N) is 1. The average Bonchev–Trinajstić information content (AvgIpc) is 3.17. The fourth-order valence-corrected chi connectivity index (χ4v) is 3.64. The molecule has 1 N–H and O–H groups in total. The number of amides is 1. The molecule has 0 unspecified atom stereocenters. The molecule has 0 aliphatic carbocycles. The third kappa shape index (κ3) is 5.47. The van der Waals surface area contributed by atoms with Gasteiger partial charge in [-0.05, 0) is 51.6 Å². The molecule has 1 aliphatic heterocycles. The summed E-state index contributed by atoms with van der Waals surface area (Å²) in [6.45, 7) is 9.76. The Bertz CT molecular complexity index is 765. The molecule has 0 radical (unpaired) electrons. The summed E-state index contributed by atoms with van der Waals surface area (Å²) in [5, 5.41) is 0. The monoisotopic (exact) mass is 373 g/mol. The van der Waals surface area contributed by atoms with Crippen molar-refractivity contribution in [3.63, 3.8) is 0 Å². The molecule has 3 rings (SSSR count). The number of H-pyrrole nitrogens is 1. The zero-order chi connectivity index (χ0) is 19.4. The van der Waals surface area contributed by atoms with Gasteiger partial charge >= 0.3 is 0 Å². The topological polar surface area (TPSA) is 61.7 Å². The number of hydrogen-bond acceptors (Lipinski definition) is 4. The molecule has 2 aromatic heterocycles. The van der Waals surface area contributed by atoms with E-state index in [0.717, 1.165) is 42.6 Å². The van der Waals surface area contributed by atoms with Gasteiger partial charge in [0.1, 0.15) is 11.5 Å². The molecule has 3 heterocycles. The zero-order valence-electron chi connectivity index (χ0n) is 16.9. The van der Waals surface area contributed by atoms with Crippen molar-refractivity contribution in [2.45, 2.75) is 46.3 Å². The van der Waals surface area contributed by atoms with Gasteiger partial charge in [-0.25, -0.2) is 0 Å². The van der Waals surface area contributed by atoms with E-state index in [1.807, 2.05) is 30.9 Å². The van der Waals surface area contributed by atoms with E-state index >= 15 is 0 Å². The van der Waals surface area contributed by atoms with Gasteiger partial charge in [0, 0.05) is 50.4 Å². The maximum Gasteiger partial charge on any atom is 0.223 e. The first-order valence-corrected chi connectivity index (χ1v) is 9.69. The number of furan rings is 1. The highest BCUT2D eigenvalue weighted by atomic mass is 16.5. The Hall–Kier alpha value is -2.05. The molecule has 27 heavy (non-hydrogen) atoms. The summed E-state index contributed by atoms with van der Waals surface area (Å²) in [5.74, 6) is 1.88. The standard InChI is InChI=1S/C21H31N3O3/c1-15-11-18(17(3)22-15)12-24(14-20-13-23(4)9-10-26-20)21(25)8-7-19-6-5-16(2)27-19/h5-6,11,20,22H,7-10,12-14H2,1-4H3/t20-/m1/s1. The summed E-state index contributed by atoms with van der Waals surface area (Å²) in [4.78, 5) is 20.5. The van der Waals surface area contributed by atoms with Crippen LogP contribution in [0, 0.1) is 20.8 Å². The second kappa shape index (κ2) is 8.76. The van der Waals surface area contributed by atoms with Crippen LogP contribution < -0.4 is 0 Å². The van der Waals surface area contributed by atoms with Gasteiger partial charge in [0.05, 0.1) is 12.7 Å². The van der Waals surface area contributed by atoms with E-state index < -0.39 is 0 Å². The van der Waals surface area contributed by atoms with Gasteiger partial charge in [0.25, 0.3) is 0 Å². The second-order valence-corrected chi connectivity index (χ2v) is 7.64. The van der Waals surface area contributed by atoms with Crippen molar-refractivity contribution in [1.29, 1.82) is 0 Å². The Morgan fingerprint density at radius 1 is 1.33 bits per heavy atom. The number of carbonyl (C=O) groups excluding carboxylic acids is 1. The first kappa shape index (κ1) is 19.7. The molecular formula is C21H31N3O3. The van der Waals surface area contributed by atoms with Crippen LogP contribution in [-0.2, 0) is 22.5 Å². The summed E-state index contributed by atoms with van der Waals surface area (Å²) in [5.41, 5.74) is 3.40. The van der Waals surface area contributed by atoms with Crippen LogP contribution >= 0.6 is 0 Å². The summed E-state index contributed by atoms with van der Waals surface area (Å²) >= 11 is 0. The molecular weight excluding hydrogens is 342 g/mol. The van der Waals surface area contributed by atoms with E-state index in [1.54, 1.807) is 0 Å². The number of aromatic nitrogens is 1. The van der Waals surface area contributed by atoms with Crippen molar-refractivity contribution in [2.75, 3.05) is 33.3 Å². The average molecular weight is 373 g/mol. The first-order chi connectivity index (χ1) is 12.9. The van der Waals surface area contributed by atoms with Crippen molar-refractivity contribution in [1.82, 2.24) is 14.8 Å². The van der Waals surface area contributed by atoms with E-state index in [4.69, 9.17) is 9.15 Å². The Morgan fingerprint density at radius 3 is 2.78 bits per heavy atom. The lowest BCUT2D eigenvalue weighted by molar-refractivity contribution is -0.135. The molecule has 0 saturated carbocycles. The number of morpholine rings is 1. The highest BCUT2D eigenvalue weighted by molar-refractivity contribution is 5.76. The van der Waals surface area contributed by atoms with Crippen molar-refractivity contribution < 1.29 is 13.9 Å². The van der Waals surface area contributed by atoms with Crippen LogP contribution in [0.15, 0.2) is 22.6 Å². The van der Waals surface area contributed by atoms with Crippen molar-refractivity contribution in [3.05, 3.63) is 46.7 Å². The van der Waals surface area contributed by atoms with Gasteiger partial charge in [-0.2, -0.15) is 0 Å². The van der Waals surface area contributed by atoms with Gasteiger partial charge in [0.15, 0.2) is 0 Å². The number of rotatable bonds is 7. The van der Waals surface area contributed by atoms with Gasteiger partial charge < -0.3 is 23.9 Å². The predicted octanol–water partition coefficient (Wildman–Crippen LogP) is 2.82. The maximum atomic E-state index is 13.0. The number of nitrogens with zero attached hydrogens (tertiary/aromatic N) is 2. The molecule has 0 spiro atoms. The zero-order valence-corrected chi connectivity index (χ0v) is 16.9. The molecule has 1 amide bonds. The highest BCUT2D eigenvalue weighted by Crippen LogP contribution is 2.17. The van der Waals surface area contributed by atoms with Crippen LogP contribution in [-0.4, -0.2) is 60.1 Å². The summed E-state index contributed by atoms with van der Waals surface area (Å²) in [6.07, 6.45) is 1.12. The van der Waals surface area contributed by atoms with Crippen molar-refractivity contribution in [2.24, 2.45) is 0 Å². The summed E-state index contributed by atoms with van der Waals surface area (Å²) in [7, 11) is 2.10. The molecule has 0 aromatic carbocycles. The van der Waals surface area contributed by atoms with E-state index in [1.165, 1.54) is 5.56 Å². The largest absolute Gasteiger partial charge is 0.466 e. The number of aryl methyl sites for hydroxylation is 4. The fraction of sp³-hybridized carbons (Fsp3) is 0.571. The van der Waals surface area contributed by atoms with E-state index in [9.17, 15) is 4.79 Å². The van der Waals surface area contributed by atoms with Crippen LogP contribution in [0.2, 0.25) is 0 Å². The lowest BCUT2D eigenvalue weighted by Gasteiger charge is -2.34. The molecule has 148 valence electrons. The van der Waals surface area contributed by atoms with Gasteiger partial charge in [-0.3, -0.25) is 4.79 Å². The molecule has 1 saturated heterocycles. The molecule has 6 nitrogen and oxygen atoms in total. The minimum Gasteiger partial charge on any atom is -0.466 e. The SMILES string of the molecule is Cc1cc(CN(C[C@H]2CN(C)CCO2)C(=O)CCc2ccc(C)o2)c(C)[nH]1. The second-order valence-electron chi connectivity index (χ2n) is 7.64. The lowest BCUT2D eigenvalue weighted by atomic mass is 10.1. The third-order valence-electron chi connectivity index (χ3n) is 5.12. The molecule has 1 aliphatic rings. The van der Waals surface area contributed by atoms with Crippen molar-refractivity contribution in [3.8, 4) is 0 Å². The molecule has 1 atom stereocenters. The highest BCUT2D eigenvalue weighted by Gasteiger charge is 2.24.